The van der Waals surface area contributed by atoms with Gasteiger partial charge in [0.1, 0.15) is 5.75 Å². The molecule has 1 aromatic carbocycles. The van der Waals surface area contributed by atoms with Gasteiger partial charge in [0.2, 0.25) is 0 Å². The molecular formula is C16H24O. The average Bonchev–Trinajstić information content (AvgIpc) is 2.36. The van der Waals surface area contributed by atoms with Crippen molar-refractivity contribution < 1.29 is 4.74 Å². The van der Waals surface area contributed by atoms with Gasteiger partial charge in [-0.1, -0.05) is 56.5 Å². The van der Waals surface area contributed by atoms with E-state index in [9.17, 15) is 0 Å². The lowest BCUT2D eigenvalue weighted by Gasteiger charge is -2.06. The fourth-order valence-electron chi connectivity index (χ4n) is 1.80. The molecule has 0 bridgehead atoms. The summed E-state index contributed by atoms with van der Waals surface area (Å²) < 4.78 is 5.58. The molecular weight excluding hydrogens is 208 g/mol. The van der Waals surface area contributed by atoms with Crippen LogP contribution in [0.15, 0.2) is 30.3 Å². The van der Waals surface area contributed by atoms with E-state index in [1.165, 1.54) is 37.7 Å². The zero-order valence-corrected chi connectivity index (χ0v) is 11.1. The van der Waals surface area contributed by atoms with E-state index in [1.807, 2.05) is 19.1 Å². The maximum absolute atomic E-state index is 5.58. The van der Waals surface area contributed by atoms with Gasteiger partial charge in [0.05, 0.1) is 6.61 Å². The first-order valence-electron chi connectivity index (χ1n) is 6.76. The van der Waals surface area contributed by atoms with Crippen LogP contribution in [-0.4, -0.2) is 6.61 Å². The largest absolute Gasteiger partial charge is 0.493 e. The Hall–Kier alpha value is -1.24. The predicted octanol–water partition coefficient (Wildman–Crippen LogP) is 5.07. The Morgan fingerprint density at radius 3 is 2.65 bits per heavy atom. The van der Waals surface area contributed by atoms with Gasteiger partial charge in [0, 0.05) is 5.56 Å². The summed E-state index contributed by atoms with van der Waals surface area (Å²) in [6.45, 7) is 4.99. The third-order valence-corrected chi connectivity index (χ3v) is 2.74. The molecule has 1 aromatic rings. The summed E-state index contributed by atoms with van der Waals surface area (Å²) >= 11 is 0. The minimum absolute atomic E-state index is 0.724. The Kier molecular flexibility index (Phi) is 7.20. The monoisotopic (exact) mass is 232 g/mol. The third-order valence-electron chi connectivity index (χ3n) is 2.74. The standard InChI is InChI=1S/C16H24O/c1-3-5-6-7-8-9-12-15-13-10-11-14-16(15)17-4-2/h9-14H,3-8H2,1-2H3/b12-9+. The first-order chi connectivity index (χ1) is 8.38. The van der Waals surface area contributed by atoms with Crippen LogP contribution in [0.1, 0.15) is 51.5 Å². The number of unbranched alkanes of at least 4 members (excludes halogenated alkanes) is 4. The number of hydrogen-bond acceptors (Lipinski definition) is 1. The van der Waals surface area contributed by atoms with Gasteiger partial charge in [0.15, 0.2) is 0 Å². The van der Waals surface area contributed by atoms with Crippen molar-refractivity contribution in [2.45, 2.75) is 46.0 Å². The molecule has 0 spiro atoms. The molecule has 0 aliphatic heterocycles. The van der Waals surface area contributed by atoms with Crippen LogP contribution in [0, 0.1) is 0 Å². The van der Waals surface area contributed by atoms with Crippen molar-refractivity contribution in [3.05, 3.63) is 35.9 Å². The molecule has 0 unspecified atom stereocenters. The van der Waals surface area contributed by atoms with Crippen LogP contribution < -0.4 is 4.74 Å². The Bertz CT molecular complexity index is 328. The summed E-state index contributed by atoms with van der Waals surface area (Å²) in [5.41, 5.74) is 1.19. The van der Waals surface area contributed by atoms with Gasteiger partial charge in [-0.3, -0.25) is 0 Å². The van der Waals surface area contributed by atoms with Crippen molar-refractivity contribution in [3.63, 3.8) is 0 Å². The Labute approximate surface area is 106 Å². The van der Waals surface area contributed by atoms with Crippen molar-refractivity contribution in [2.24, 2.45) is 0 Å². The highest BCUT2D eigenvalue weighted by Crippen LogP contribution is 2.19. The maximum Gasteiger partial charge on any atom is 0.126 e. The lowest BCUT2D eigenvalue weighted by Crippen LogP contribution is -1.93. The van der Waals surface area contributed by atoms with Gasteiger partial charge in [-0.15, -0.1) is 0 Å². The first-order valence-corrected chi connectivity index (χ1v) is 6.76. The Morgan fingerprint density at radius 2 is 1.88 bits per heavy atom. The van der Waals surface area contributed by atoms with E-state index in [4.69, 9.17) is 4.74 Å². The summed E-state index contributed by atoms with van der Waals surface area (Å²) in [4.78, 5) is 0. The highest BCUT2D eigenvalue weighted by Gasteiger charge is 1.97. The molecule has 0 aliphatic rings. The summed E-state index contributed by atoms with van der Waals surface area (Å²) in [6.07, 6.45) is 10.9. The predicted molar refractivity (Wildman–Crippen MR) is 75.4 cm³/mol. The highest BCUT2D eigenvalue weighted by atomic mass is 16.5. The molecule has 0 fully saturated rings. The van der Waals surface area contributed by atoms with Crippen LogP contribution in [0.2, 0.25) is 0 Å². The smallest absolute Gasteiger partial charge is 0.126 e. The van der Waals surface area contributed by atoms with Gasteiger partial charge in [-0.2, -0.15) is 0 Å². The molecule has 0 saturated heterocycles. The molecule has 17 heavy (non-hydrogen) atoms. The molecule has 94 valence electrons. The molecule has 0 aliphatic carbocycles. The quantitative estimate of drug-likeness (QED) is 0.569. The summed E-state index contributed by atoms with van der Waals surface area (Å²) in [6, 6.07) is 8.21. The number of benzene rings is 1. The number of para-hydroxylation sites is 1. The fourth-order valence-corrected chi connectivity index (χ4v) is 1.80. The fraction of sp³-hybridized carbons (Fsp3) is 0.500. The van der Waals surface area contributed by atoms with Crippen LogP contribution in [-0.2, 0) is 0 Å². The molecule has 1 nitrogen and oxygen atoms in total. The van der Waals surface area contributed by atoms with Crippen LogP contribution >= 0.6 is 0 Å². The van der Waals surface area contributed by atoms with Crippen LogP contribution in [0.3, 0.4) is 0 Å². The number of rotatable bonds is 8. The maximum atomic E-state index is 5.58. The minimum Gasteiger partial charge on any atom is -0.493 e. The van der Waals surface area contributed by atoms with E-state index in [2.05, 4.69) is 31.2 Å². The molecule has 0 amide bonds. The van der Waals surface area contributed by atoms with Gasteiger partial charge >= 0.3 is 0 Å². The van der Waals surface area contributed by atoms with Crippen molar-refractivity contribution in [1.82, 2.24) is 0 Å². The summed E-state index contributed by atoms with van der Waals surface area (Å²) in [7, 11) is 0. The number of hydrogen-bond donors (Lipinski definition) is 0. The summed E-state index contributed by atoms with van der Waals surface area (Å²) in [5.74, 6) is 0.986. The van der Waals surface area contributed by atoms with E-state index in [-0.39, 0.29) is 0 Å². The van der Waals surface area contributed by atoms with E-state index in [0.717, 1.165) is 12.4 Å². The molecule has 0 heterocycles. The second kappa shape index (κ2) is 8.86. The second-order valence-corrected chi connectivity index (χ2v) is 4.22. The first kappa shape index (κ1) is 13.8. The number of ether oxygens (including phenoxy) is 1. The Balaban J connectivity index is 2.41. The second-order valence-electron chi connectivity index (χ2n) is 4.22. The molecule has 0 aromatic heterocycles. The van der Waals surface area contributed by atoms with E-state index in [0.29, 0.717) is 0 Å². The van der Waals surface area contributed by atoms with Crippen LogP contribution in [0.4, 0.5) is 0 Å². The van der Waals surface area contributed by atoms with Gasteiger partial charge < -0.3 is 4.74 Å². The van der Waals surface area contributed by atoms with Crippen LogP contribution in [0.5, 0.6) is 5.75 Å². The minimum atomic E-state index is 0.724. The lowest BCUT2D eigenvalue weighted by atomic mass is 10.1. The third kappa shape index (κ3) is 5.58. The highest BCUT2D eigenvalue weighted by molar-refractivity contribution is 5.56. The summed E-state index contributed by atoms with van der Waals surface area (Å²) in [5, 5.41) is 0. The van der Waals surface area contributed by atoms with Crippen molar-refractivity contribution >= 4 is 6.08 Å². The molecule has 0 atom stereocenters. The molecule has 1 heteroatoms. The van der Waals surface area contributed by atoms with Gasteiger partial charge in [0.25, 0.3) is 0 Å². The SMILES string of the molecule is CCCCCC/C=C/c1ccccc1OCC. The van der Waals surface area contributed by atoms with Gasteiger partial charge in [-0.25, -0.2) is 0 Å². The van der Waals surface area contributed by atoms with Crippen molar-refractivity contribution in [1.29, 1.82) is 0 Å². The normalized spacial score (nSPS) is 10.9. The lowest BCUT2D eigenvalue weighted by molar-refractivity contribution is 0.339. The van der Waals surface area contributed by atoms with E-state index < -0.39 is 0 Å². The van der Waals surface area contributed by atoms with Crippen molar-refractivity contribution in [3.8, 4) is 5.75 Å². The molecule has 1 rings (SSSR count). The topological polar surface area (TPSA) is 9.23 Å². The number of allylic oxidation sites excluding steroid dienone is 1. The van der Waals surface area contributed by atoms with Crippen LogP contribution in [0.25, 0.3) is 6.08 Å². The Morgan fingerprint density at radius 1 is 1.06 bits per heavy atom. The zero-order valence-electron chi connectivity index (χ0n) is 11.1. The zero-order chi connectivity index (χ0) is 12.3. The molecule has 0 radical (unpaired) electrons. The van der Waals surface area contributed by atoms with Gasteiger partial charge in [-0.05, 0) is 25.8 Å². The van der Waals surface area contributed by atoms with Crippen molar-refractivity contribution in [2.75, 3.05) is 6.61 Å². The van der Waals surface area contributed by atoms with E-state index >= 15 is 0 Å². The molecule has 0 N–H and O–H groups in total. The van der Waals surface area contributed by atoms with E-state index in [1.54, 1.807) is 0 Å². The molecule has 0 saturated carbocycles. The average molecular weight is 232 g/mol.